The number of amides is 2. The van der Waals surface area contributed by atoms with Crippen molar-refractivity contribution in [2.75, 3.05) is 13.1 Å². The summed E-state index contributed by atoms with van der Waals surface area (Å²) < 4.78 is 2.07. The van der Waals surface area contributed by atoms with E-state index in [0.717, 1.165) is 35.5 Å². The van der Waals surface area contributed by atoms with Crippen molar-refractivity contribution in [3.63, 3.8) is 0 Å². The van der Waals surface area contributed by atoms with Gasteiger partial charge in [0.25, 0.3) is 0 Å². The fraction of sp³-hybridized carbons (Fsp3) is 0.429. The Morgan fingerprint density at radius 3 is 2.95 bits per heavy atom. The van der Waals surface area contributed by atoms with Gasteiger partial charge in [-0.15, -0.1) is 0 Å². The van der Waals surface area contributed by atoms with Crippen molar-refractivity contribution in [3.05, 3.63) is 29.6 Å². The van der Waals surface area contributed by atoms with Crippen LogP contribution >= 0.6 is 0 Å². The summed E-state index contributed by atoms with van der Waals surface area (Å²) in [6.07, 6.45) is 0. The van der Waals surface area contributed by atoms with Crippen molar-refractivity contribution in [2.45, 2.75) is 19.9 Å². The minimum atomic E-state index is 0.0183. The van der Waals surface area contributed by atoms with Gasteiger partial charge in [-0.1, -0.05) is 6.07 Å². The zero-order valence-corrected chi connectivity index (χ0v) is 11.5. The molecule has 5 heteroatoms. The Labute approximate surface area is 112 Å². The summed E-state index contributed by atoms with van der Waals surface area (Å²) in [6.45, 7) is 5.46. The monoisotopic (exact) mass is 258 g/mol. The molecular formula is C14H18N4O. The molecule has 2 amide bonds. The molecule has 0 aliphatic carbocycles. The summed E-state index contributed by atoms with van der Waals surface area (Å²) in [5, 5.41) is 3.01. The first-order valence-corrected chi connectivity index (χ1v) is 6.58. The topological polar surface area (TPSA) is 50.2 Å². The van der Waals surface area contributed by atoms with Crippen LogP contribution < -0.4 is 5.32 Å². The summed E-state index contributed by atoms with van der Waals surface area (Å²) in [6, 6.07) is 6.31. The van der Waals surface area contributed by atoms with Gasteiger partial charge in [-0.05, 0) is 31.5 Å². The van der Waals surface area contributed by atoms with Gasteiger partial charge >= 0.3 is 6.03 Å². The van der Waals surface area contributed by atoms with Crippen molar-refractivity contribution in [1.82, 2.24) is 19.8 Å². The minimum absolute atomic E-state index is 0.0183. The van der Waals surface area contributed by atoms with Crippen LogP contribution in [-0.2, 0) is 7.05 Å². The second kappa shape index (κ2) is 4.26. The maximum atomic E-state index is 11.7. The van der Waals surface area contributed by atoms with Gasteiger partial charge in [0.05, 0.1) is 17.1 Å². The number of fused-ring (bicyclic) bond motifs is 1. The van der Waals surface area contributed by atoms with Crippen LogP contribution in [0.25, 0.3) is 11.0 Å². The van der Waals surface area contributed by atoms with Crippen molar-refractivity contribution in [2.24, 2.45) is 7.05 Å². The number of hydrogen-bond donors (Lipinski definition) is 1. The molecule has 1 aromatic heterocycles. The molecule has 0 radical (unpaired) electrons. The van der Waals surface area contributed by atoms with E-state index < -0.39 is 0 Å². The van der Waals surface area contributed by atoms with Crippen LogP contribution in [0.3, 0.4) is 0 Å². The van der Waals surface area contributed by atoms with E-state index in [-0.39, 0.29) is 12.1 Å². The minimum Gasteiger partial charge on any atom is -0.331 e. The predicted octanol–water partition coefficient (Wildman–Crippen LogP) is 1.97. The Kier molecular flexibility index (Phi) is 2.69. The molecule has 1 aromatic carbocycles. The SMILES string of the molecule is CCN1CC(c2ccc3c(c2)nc(C)n3C)NC1=O. The predicted molar refractivity (Wildman–Crippen MR) is 74.0 cm³/mol. The maximum Gasteiger partial charge on any atom is 0.318 e. The molecule has 1 aliphatic heterocycles. The summed E-state index contributed by atoms with van der Waals surface area (Å²) in [5.41, 5.74) is 3.23. The molecule has 0 spiro atoms. The number of aryl methyl sites for hydroxylation is 2. The zero-order valence-electron chi connectivity index (χ0n) is 11.5. The van der Waals surface area contributed by atoms with Gasteiger partial charge in [0, 0.05) is 20.1 Å². The van der Waals surface area contributed by atoms with Crippen molar-refractivity contribution in [3.8, 4) is 0 Å². The lowest BCUT2D eigenvalue weighted by Gasteiger charge is -2.11. The first-order valence-electron chi connectivity index (χ1n) is 6.58. The van der Waals surface area contributed by atoms with Gasteiger partial charge in [-0.3, -0.25) is 0 Å². The highest BCUT2D eigenvalue weighted by Crippen LogP contribution is 2.24. The fourth-order valence-electron chi connectivity index (χ4n) is 2.60. The number of carbonyl (C=O) groups excluding carboxylic acids is 1. The van der Waals surface area contributed by atoms with Crippen molar-refractivity contribution in [1.29, 1.82) is 0 Å². The van der Waals surface area contributed by atoms with E-state index in [9.17, 15) is 4.79 Å². The molecule has 1 aliphatic rings. The zero-order chi connectivity index (χ0) is 13.6. The summed E-state index contributed by atoms with van der Waals surface area (Å²) in [5.74, 6) is 0.998. The average molecular weight is 258 g/mol. The van der Waals surface area contributed by atoms with Crippen LogP contribution in [0.2, 0.25) is 0 Å². The number of hydrogen-bond acceptors (Lipinski definition) is 2. The molecule has 1 atom stereocenters. The lowest BCUT2D eigenvalue weighted by molar-refractivity contribution is 0.219. The van der Waals surface area contributed by atoms with E-state index in [2.05, 4.69) is 33.1 Å². The smallest absolute Gasteiger partial charge is 0.318 e. The highest BCUT2D eigenvalue weighted by Gasteiger charge is 2.28. The molecule has 2 heterocycles. The molecular weight excluding hydrogens is 240 g/mol. The first-order chi connectivity index (χ1) is 9.10. The molecule has 100 valence electrons. The Hall–Kier alpha value is -2.04. The van der Waals surface area contributed by atoms with Gasteiger partial charge in [0.2, 0.25) is 0 Å². The lowest BCUT2D eigenvalue weighted by atomic mass is 10.1. The van der Waals surface area contributed by atoms with Crippen LogP contribution in [-0.4, -0.2) is 33.6 Å². The molecule has 0 bridgehead atoms. The number of nitrogens with zero attached hydrogens (tertiary/aromatic N) is 3. The van der Waals surface area contributed by atoms with E-state index in [1.165, 1.54) is 0 Å². The van der Waals surface area contributed by atoms with Crippen molar-refractivity contribution >= 4 is 17.1 Å². The normalized spacial score (nSPS) is 19.2. The number of imidazole rings is 1. The third-order valence-corrected chi connectivity index (χ3v) is 3.90. The van der Waals surface area contributed by atoms with Gasteiger partial charge in [-0.2, -0.15) is 0 Å². The van der Waals surface area contributed by atoms with E-state index >= 15 is 0 Å². The third-order valence-electron chi connectivity index (χ3n) is 3.90. The van der Waals surface area contributed by atoms with Crippen LogP contribution in [0, 0.1) is 6.92 Å². The summed E-state index contributed by atoms with van der Waals surface area (Å²) >= 11 is 0. The fourth-order valence-corrected chi connectivity index (χ4v) is 2.60. The highest BCUT2D eigenvalue weighted by molar-refractivity contribution is 5.79. The Morgan fingerprint density at radius 1 is 1.47 bits per heavy atom. The Bertz CT molecular complexity index is 646. The maximum absolute atomic E-state index is 11.7. The standard InChI is InChI=1S/C14H18N4O/c1-4-18-8-12(16-14(18)19)10-5-6-13-11(7-10)15-9(2)17(13)3/h5-7,12H,4,8H2,1-3H3,(H,16,19). The second-order valence-corrected chi connectivity index (χ2v) is 5.01. The van der Waals surface area contributed by atoms with Gasteiger partial charge in [-0.25, -0.2) is 9.78 Å². The molecule has 1 N–H and O–H groups in total. The third kappa shape index (κ3) is 1.85. The highest BCUT2D eigenvalue weighted by atomic mass is 16.2. The van der Waals surface area contributed by atoms with Gasteiger partial charge < -0.3 is 14.8 Å². The molecule has 3 rings (SSSR count). The van der Waals surface area contributed by atoms with E-state index in [4.69, 9.17) is 0 Å². The molecule has 19 heavy (non-hydrogen) atoms. The number of benzene rings is 1. The van der Waals surface area contributed by atoms with Crippen molar-refractivity contribution < 1.29 is 4.79 Å². The van der Waals surface area contributed by atoms with Crippen LogP contribution in [0.1, 0.15) is 24.4 Å². The molecule has 1 saturated heterocycles. The van der Waals surface area contributed by atoms with Gasteiger partial charge in [0.1, 0.15) is 5.82 Å². The van der Waals surface area contributed by atoms with Gasteiger partial charge in [0.15, 0.2) is 0 Å². The second-order valence-electron chi connectivity index (χ2n) is 5.01. The Balaban J connectivity index is 1.96. The average Bonchev–Trinajstić information content (AvgIpc) is 2.91. The summed E-state index contributed by atoms with van der Waals surface area (Å²) in [7, 11) is 2.01. The Morgan fingerprint density at radius 2 is 2.26 bits per heavy atom. The van der Waals surface area contributed by atoms with Crippen LogP contribution in [0.15, 0.2) is 18.2 Å². The van der Waals surface area contributed by atoms with E-state index in [1.807, 2.05) is 25.8 Å². The van der Waals surface area contributed by atoms with E-state index in [1.54, 1.807) is 0 Å². The number of rotatable bonds is 2. The summed E-state index contributed by atoms with van der Waals surface area (Å²) in [4.78, 5) is 18.1. The van der Waals surface area contributed by atoms with E-state index in [0.29, 0.717) is 0 Å². The number of carbonyl (C=O) groups is 1. The lowest BCUT2D eigenvalue weighted by Crippen LogP contribution is -2.27. The molecule has 2 aromatic rings. The molecule has 0 saturated carbocycles. The molecule has 5 nitrogen and oxygen atoms in total. The molecule has 1 fully saturated rings. The molecule has 1 unspecified atom stereocenters. The number of aromatic nitrogens is 2. The number of likely N-dealkylation sites (N-methyl/N-ethyl adjacent to an activating group) is 1. The first kappa shape index (κ1) is 12.0. The number of nitrogens with one attached hydrogen (secondary N) is 1. The quantitative estimate of drug-likeness (QED) is 0.895. The van der Waals surface area contributed by atoms with Crippen LogP contribution in [0.4, 0.5) is 4.79 Å². The van der Waals surface area contributed by atoms with Crippen LogP contribution in [0.5, 0.6) is 0 Å². The largest absolute Gasteiger partial charge is 0.331 e. The number of urea groups is 1.